The van der Waals surface area contributed by atoms with Crippen molar-refractivity contribution in [3.63, 3.8) is 0 Å². The highest BCUT2D eigenvalue weighted by Crippen LogP contribution is 2.25. The van der Waals surface area contributed by atoms with Gasteiger partial charge in [0.1, 0.15) is 5.75 Å². The monoisotopic (exact) mass is 275 g/mol. The van der Waals surface area contributed by atoms with Gasteiger partial charge in [-0.05, 0) is 43.7 Å². The average molecular weight is 276 g/mol. The number of hydrogen-bond acceptors (Lipinski definition) is 2. The molecule has 98 valence electrons. The molecule has 19 heavy (non-hydrogen) atoms. The quantitative estimate of drug-likeness (QED) is 0.873. The molecule has 0 aliphatic carbocycles. The number of aromatic hydroxyl groups is 1. The zero-order valence-electron chi connectivity index (χ0n) is 10.7. The van der Waals surface area contributed by atoms with Crippen molar-refractivity contribution < 1.29 is 9.90 Å². The molecule has 0 aliphatic rings. The van der Waals surface area contributed by atoms with Crippen LogP contribution in [0.1, 0.15) is 21.5 Å². The number of benzene rings is 2. The first-order chi connectivity index (χ1) is 8.99. The Bertz CT molecular complexity index is 638. The number of phenolic OH excluding ortho intramolecular Hbond substituents is 1. The van der Waals surface area contributed by atoms with Crippen molar-refractivity contribution in [2.24, 2.45) is 0 Å². The second-order valence-electron chi connectivity index (χ2n) is 4.39. The summed E-state index contributed by atoms with van der Waals surface area (Å²) in [6.45, 7) is 3.62. The topological polar surface area (TPSA) is 49.3 Å². The summed E-state index contributed by atoms with van der Waals surface area (Å²) in [6, 6.07) is 10.3. The number of amides is 1. The Morgan fingerprint density at radius 1 is 1.21 bits per heavy atom. The number of nitrogens with one attached hydrogen (secondary N) is 1. The molecular weight excluding hydrogens is 262 g/mol. The lowest BCUT2D eigenvalue weighted by Gasteiger charge is -2.10. The normalized spacial score (nSPS) is 10.3. The van der Waals surface area contributed by atoms with Crippen molar-refractivity contribution in [1.29, 1.82) is 0 Å². The lowest BCUT2D eigenvalue weighted by Crippen LogP contribution is -2.13. The standard InChI is InChI=1S/C15H14ClNO2/c1-9-6-7-12(16)13(8-9)17-15(19)11-4-3-5-14(18)10(11)2/h3-8,18H,1-2H3,(H,17,19). The maximum absolute atomic E-state index is 12.2. The van der Waals surface area contributed by atoms with Crippen LogP contribution >= 0.6 is 11.6 Å². The summed E-state index contributed by atoms with van der Waals surface area (Å²) in [5.74, 6) is -0.191. The molecule has 0 spiro atoms. The molecule has 0 saturated heterocycles. The van der Waals surface area contributed by atoms with Gasteiger partial charge >= 0.3 is 0 Å². The summed E-state index contributed by atoms with van der Waals surface area (Å²) >= 11 is 6.03. The SMILES string of the molecule is Cc1ccc(Cl)c(NC(=O)c2cccc(O)c2C)c1. The molecule has 3 nitrogen and oxygen atoms in total. The first-order valence-corrected chi connectivity index (χ1v) is 6.23. The van der Waals surface area contributed by atoms with Gasteiger partial charge in [-0.25, -0.2) is 0 Å². The van der Waals surface area contributed by atoms with E-state index in [-0.39, 0.29) is 11.7 Å². The molecule has 0 aliphatic heterocycles. The largest absolute Gasteiger partial charge is 0.508 e. The fourth-order valence-corrected chi connectivity index (χ4v) is 1.96. The number of hydrogen-bond donors (Lipinski definition) is 2. The van der Waals surface area contributed by atoms with Crippen molar-refractivity contribution in [2.45, 2.75) is 13.8 Å². The van der Waals surface area contributed by atoms with Crippen LogP contribution in [0.4, 0.5) is 5.69 Å². The van der Waals surface area contributed by atoms with E-state index in [1.54, 1.807) is 37.3 Å². The third-order valence-corrected chi connectivity index (χ3v) is 3.25. The molecule has 0 unspecified atom stereocenters. The van der Waals surface area contributed by atoms with Crippen molar-refractivity contribution in [3.05, 3.63) is 58.1 Å². The molecule has 2 aromatic carbocycles. The molecule has 1 amide bonds. The van der Waals surface area contributed by atoms with Crippen molar-refractivity contribution >= 4 is 23.2 Å². The van der Waals surface area contributed by atoms with Crippen LogP contribution in [0, 0.1) is 13.8 Å². The van der Waals surface area contributed by atoms with Crippen LogP contribution in [0.2, 0.25) is 5.02 Å². The molecule has 0 aromatic heterocycles. The van der Waals surface area contributed by atoms with E-state index in [0.717, 1.165) is 5.56 Å². The number of aryl methyl sites for hydroxylation is 1. The van der Waals surface area contributed by atoms with Gasteiger partial charge in [0.15, 0.2) is 0 Å². The number of phenols is 1. The number of halogens is 1. The van der Waals surface area contributed by atoms with Gasteiger partial charge in [-0.3, -0.25) is 4.79 Å². The van der Waals surface area contributed by atoms with E-state index in [0.29, 0.717) is 21.8 Å². The summed E-state index contributed by atoms with van der Waals surface area (Å²) in [7, 11) is 0. The zero-order valence-corrected chi connectivity index (χ0v) is 11.5. The summed E-state index contributed by atoms with van der Waals surface area (Å²) < 4.78 is 0. The smallest absolute Gasteiger partial charge is 0.256 e. The van der Waals surface area contributed by atoms with E-state index < -0.39 is 0 Å². The van der Waals surface area contributed by atoms with Gasteiger partial charge in [0, 0.05) is 11.1 Å². The van der Waals surface area contributed by atoms with Crippen LogP contribution in [-0.2, 0) is 0 Å². The van der Waals surface area contributed by atoms with Gasteiger partial charge < -0.3 is 10.4 Å². The highest BCUT2D eigenvalue weighted by Gasteiger charge is 2.12. The van der Waals surface area contributed by atoms with Crippen LogP contribution < -0.4 is 5.32 Å². The predicted octanol–water partition coefficient (Wildman–Crippen LogP) is 3.91. The molecule has 0 atom stereocenters. The Labute approximate surface area is 116 Å². The van der Waals surface area contributed by atoms with Gasteiger partial charge in [0.2, 0.25) is 0 Å². The predicted molar refractivity (Wildman–Crippen MR) is 77.0 cm³/mol. The molecule has 0 fully saturated rings. The van der Waals surface area contributed by atoms with E-state index in [4.69, 9.17) is 11.6 Å². The number of carbonyl (C=O) groups excluding carboxylic acids is 1. The Balaban J connectivity index is 2.31. The van der Waals surface area contributed by atoms with Crippen molar-refractivity contribution in [1.82, 2.24) is 0 Å². The minimum atomic E-state index is -0.291. The zero-order chi connectivity index (χ0) is 14.0. The van der Waals surface area contributed by atoms with Crippen molar-refractivity contribution in [3.8, 4) is 5.75 Å². The maximum atomic E-state index is 12.2. The van der Waals surface area contributed by atoms with Crippen LogP contribution in [0.5, 0.6) is 5.75 Å². The van der Waals surface area contributed by atoms with Crippen LogP contribution in [0.3, 0.4) is 0 Å². The van der Waals surface area contributed by atoms with E-state index in [9.17, 15) is 9.90 Å². The molecule has 2 N–H and O–H groups in total. The molecular formula is C15H14ClNO2. The van der Waals surface area contributed by atoms with Crippen LogP contribution in [-0.4, -0.2) is 11.0 Å². The van der Waals surface area contributed by atoms with Gasteiger partial charge in [-0.1, -0.05) is 23.7 Å². The van der Waals surface area contributed by atoms with Gasteiger partial charge in [-0.2, -0.15) is 0 Å². The number of carbonyl (C=O) groups is 1. The summed E-state index contributed by atoms with van der Waals surface area (Å²) in [5.41, 5.74) is 2.54. The number of rotatable bonds is 2. The van der Waals surface area contributed by atoms with Crippen molar-refractivity contribution in [2.75, 3.05) is 5.32 Å². The summed E-state index contributed by atoms with van der Waals surface area (Å²) in [5, 5.41) is 12.8. The first-order valence-electron chi connectivity index (χ1n) is 5.85. The maximum Gasteiger partial charge on any atom is 0.256 e. The molecule has 0 radical (unpaired) electrons. The van der Waals surface area contributed by atoms with Gasteiger partial charge in [0.05, 0.1) is 10.7 Å². The lowest BCUT2D eigenvalue weighted by molar-refractivity contribution is 0.102. The third-order valence-electron chi connectivity index (χ3n) is 2.92. The third kappa shape index (κ3) is 2.88. The van der Waals surface area contributed by atoms with E-state index in [1.807, 2.05) is 13.0 Å². The molecule has 0 heterocycles. The molecule has 0 saturated carbocycles. The van der Waals surface area contributed by atoms with E-state index in [1.165, 1.54) is 0 Å². The minimum Gasteiger partial charge on any atom is -0.508 e. The van der Waals surface area contributed by atoms with E-state index >= 15 is 0 Å². The second kappa shape index (κ2) is 5.33. The van der Waals surface area contributed by atoms with Crippen LogP contribution in [0.15, 0.2) is 36.4 Å². The fourth-order valence-electron chi connectivity index (χ4n) is 1.79. The Morgan fingerprint density at radius 3 is 2.68 bits per heavy atom. The van der Waals surface area contributed by atoms with Crippen LogP contribution in [0.25, 0.3) is 0 Å². The Hall–Kier alpha value is -2.00. The van der Waals surface area contributed by atoms with Gasteiger partial charge in [-0.15, -0.1) is 0 Å². The summed E-state index contributed by atoms with van der Waals surface area (Å²) in [6.07, 6.45) is 0. The van der Waals surface area contributed by atoms with E-state index in [2.05, 4.69) is 5.32 Å². The molecule has 2 aromatic rings. The molecule has 4 heteroatoms. The highest BCUT2D eigenvalue weighted by molar-refractivity contribution is 6.34. The summed E-state index contributed by atoms with van der Waals surface area (Å²) in [4.78, 5) is 12.2. The highest BCUT2D eigenvalue weighted by atomic mass is 35.5. The fraction of sp³-hybridized carbons (Fsp3) is 0.133. The molecule has 2 rings (SSSR count). The Morgan fingerprint density at radius 2 is 1.95 bits per heavy atom. The Kier molecular flexibility index (Phi) is 3.76. The number of anilines is 1. The average Bonchev–Trinajstić information content (AvgIpc) is 2.37. The van der Waals surface area contributed by atoms with Gasteiger partial charge in [0.25, 0.3) is 5.91 Å². The lowest BCUT2D eigenvalue weighted by atomic mass is 10.1. The minimum absolute atomic E-state index is 0.1000. The second-order valence-corrected chi connectivity index (χ2v) is 4.79. The molecule has 0 bridgehead atoms. The first kappa shape index (κ1) is 13.4.